The zero-order valence-corrected chi connectivity index (χ0v) is 9.56. The van der Waals surface area contributed by atoms with E-state index < -0.39 is 0 Å². The summed E-state index contributed by atoms with van der Waals surface area (Å²) in [5, 5.41) is 0.568. The molecule has 0 amide bonds. The molecule has 1 aromatic carbocycles. The molecule has 1 aromatic rings. The van der Waals surface area contributed by atoms with Gasteiger partial charge in [0.1, 0.15) is 5.75 Å². The summed E-state index contributed by atoms with van der Waals surface area (Å²) >= 11 is 6.06. The first-order valence-corrected chi connectivity index (χ1v) is 5.38. The SMILES string of the molecule is [C-]#[N+]c1cc(Cl)c2c(c1C(C)C)CCO2. The summed E-state index contributed by atoms with van der Waals surface area (Å²) in [6.07, 6.45) is 0.867. The fourth-order valence-electron chi connectivity index (χ4n) is 2.08. The highest BCUT2D eigenvalue weighted by atomic mass is 35.5. The molecular weight excluding hydrogens is 210 g/mol. The van der Waals surface area contributed by atoms with Gasteiger partial charge in [-0.25, -0.2) is 4.85 Å². The zero-order chi connectivity index (χ0) is 11.0. The maximum Gasteiger partial charge on any atom is 0.192 e. The van der Waals surface area contributed by atoms with Crippen molar-refractivity contribution in [2.24, 2.45) is 0 Å². The normalized spacial score (nSPS) is 13.5. The Labute approximate surface area is 94.6 Å². The van der Waals surface area contributed by atoms with Gasteiger partial charge in [0.05, 0.1) is 18.2 Å². The Balaban J connectivity index is 2.72. The third-order valence-corrected chi connectivity index (χ3v) is 2.93. The Kier molecular flexibility index (Phi) is 2.58. The van der Waals surface area contributed by atoms with Crippen LogP contribution in [0.25, 0.3) is 4.85 Å². The van der Waals surface area contributed by atoms with Crippen LogP contribution in [0.2, 0.25) is 5.02 Å². The van der Waals surface area contributed by atoms with Crippen LogP contribution in [-0.4, -0.2) is 6.61 Å². The minimum Gasteiger partial charge on any atom is -0.491 e. The summed E-state index contributed by atoms with van der Waals surface area (Å²) in [6, 6.07) is 1.72. The molecule has 0 aromatic heterocycles. The highest BCUT2D eigenvalue weighted by Gasteiger charge is 2.23. The van der Waals surface area contributed by atoms with Crippen LogP contribution in [-0.2, 0) is 6.42 Å². The van der Waals surface area contributed by atoms with Gasteiger partial charge in [0.15, 0.2) is 5.69 Å². The van der Waals surface area contributed by atoms with E-state index in [1.54, 1.807) is 6.07 Å². The highest BCUT2D eigenvalue weighted by Crippen LogP contribution is 2.43. The topological polar surface area (TPSA) is 13.6 Å². The Morgan fingerprint density at radius 2 is 2.27 bits per heavy atom. The molecule has 1 aliphatic rings. The van der Waals surface area contributed by atoms with E-state index in [1.807, 2.05) is 0 Å². The van der Waals surface area contributed by atoms with Crippen LogP contribution < -0.4 is 4.74 Å². The van der Waals surface area contributed by atoms with Crippen molar-refractivity contribution in [2.45, 2.75) is 26.2 Å². The first-order valence-electron chi connectivity index (χ1n) is 5.00. The molecule has 1 aliphatic heterocycles. The molecule has 0 aliphatic carbocycles. The lowest BCUT2D eigenvalue weighted by atomic mass is 9.94. The van der Waals surface area contributed by atoms with Crippen molar-refractivity contribution in [1.82, 2.24) is 0 Å². The lowest BCUT2D eigenvalue weighted by Gasteiger charge is -2.14. The molecule has 0 saturated heterocycles. The molecule has 0 atom stereocenters. The molecule has 2 rings (SSSR count). The monoisotopic (exact) mass is 221 g/mol. The molecule has 1 heterocycles. The van der Waals surface area contributed by atoms with Crippen molar-refractivity contribution in [2.75, 3.05) is 6.61 Å². The fraction of sp³-hybridized carbons (Fsp3) is 0.417. The Hall–Kier alpha value is -1.20. The average molecular weight is 222 g/mol. The van der Waals surface area contributed by atoms with Crippen molar-refractivity contribution >= 4 is 17.3 Å². The number of hydrogen-bond acceptors (Lipinski definition) is 1. The van der Waals surface area contributed by atoms with Crippen molar-refractivity contribution < 1.29 is 4.74 Å². The van der Waals surface area contributed by atoms with E-state index in [0.29, 0.717) is 23.2 Å². The second kappa shape index (κ2) is 3.75. The second-order valence-electron chi connectivity index (χ2n) is 3.96. The maximum atomic E-state index is 7.16. The third kappa shape index (κ3) is 1.57. The average Bonchev–Trinajstić information content (AvgIpc) is 2.65. The summed E-state index contributed by atoms with van der Waals surface area (Å²) in [4.78, 5) is 3.54. The standard InChI is InChI=1S/C12H12ClNO/c1-7(2)11-8-4-5-15-12(8)9(13)6-10(11)14-3/h6-7H,4-5H2,1-2H3. The van der Waals surface area contributed by atoms with Gasteiger partial charge in [-0.3, -0.25) is 0 Å². The van der Waals surface area contributed by atoms with Gasteiger partial charge in [0, 0.05) is 6.42 Å². The Bertz CT molecular complexity index is 446. The first-order chi connectivity index (χ1) is 7.15. The van der Waals surface area contributed by atoms with Crippen LogP contribution in [0.3, 0.4) is 0 Å². The molecule has 0 radical (unpaired) electrons. The zero-order valence-electron chi connectivity index (χ0n) is 8.80. The molecule has 2 nitrogen and oxygen atoms in total. The molecule has 3 heteroatoms. The Morgan fingerprint density at radius 3 is 2.87 bits per heavy atom. The molecular formula is C12H12ClNO. The van der Waals surface area contributed by atoms with E-state index in [9.17, 15) is 0 Å². The summed E-state index contributed by atoms with van der Waals surface area (Å²) in [6.45, 7) is 12.0. The van der Waals surface area contributed by atoms with Crippen LogP contribution in [0.1, 0.15) is 30.9 Å². The van der Waals surface area contributed by atoms with Gasteiger partial charge in [0.2, 0.25) is 0 Å². The van der Waals surface area contributed by atoms with Crippen molar-refractivity contribution in [3.05, 3.63) is 33.6 Å². The minimum atomic E-state index is 0.335. The fourth-order valence-corrected chi connectivity index (χ4v) is 2.35. The van der Waals surface area contributed by atoms with Crippen LogP contribution in [0.15, 0.2) is 6.07 Å². The quantitative estimate of drug-likeness (QED) is 0.655. The van der Waals surface area contributed by atoms with Crippen molar-refractivity contribution in [1.29, 1.82) is 0 Å². The van der Waals surface area contributed by atoms with Gasteiger partial charge in [-0.05, 0) is 23.1 Å². The number of fused-ring (bicyclic) bond motifs is 1. The minimum absolute atomic E-state index is 0.335. The molecule has 0 N–H and O–H groups in total. The van der Waals surface area contributed by atoms with Gasteiger partial charge in [0.25, 0.3) is 0 Å². The molecule has 0 spiro atoms. The van der Waals surface area contributed by atoms with E-state index in [-0.39, 0.29) is 0 Å². The van der Waals surface area contributed by atoms with Crippen LogP contribution >= 0.6 is 11.6 Å². The van der Waals surface area contributed by atoms with E-state index in [1.165, 1.54) is 0 Å². The molecule has 0 fully saturated rings. The highest BCUT2D eigenvalue weighted by molar-refractivity contribution is 6.32. The van der Waals surface area contributed by atoms with Gasteiger partial charge in [-0.2, -0.15) is 0 Å². The number of halogens is 1. The largest absolute Gasteiger partial charge is 0.491 e. The number of hydrogen-bond donors (Lipinski definition) is 0. The molecule has 78 valence electrons. The lowest BCUT2D eigenvalue weighted by Crippen LogP contribution is -1.94. The third-order valence-electron chi connectivity index (χ3n) is 2.65. The van der Waals surface area contributed by atoms with Crippen LogP contribution in [0.4, 0.5) is 5.69 Å². The van der Waals surface area contributed by atoms with E-state index in [0.717, 1.165) is 23.3 Å². The maximum absolute atomic E-state index is 7.16. The van der Waals surface area contributed by atoms with E-state index >= 15 is 0 Å². The van der Waals surface area contributed by atoms with Gasteiger partial charge < -0.3 is 4.74 Å². The lowest BCUT2D eigenvalue weighted by molar-refractivity contribution is 0.357. The predicted octanol–water partition coefficient (Wildman–Crippen LogP) is 3.95. The van der Waals surface area contributed by atoms with Crippen molar-refractivity contribution in [3.63, 3.8) is 0 Å². The van der Waals surface area contributed by atoms with Crippen LogP contribution in [0.5, 0.6) is 5.75 Å². The van der Waals surface area contributed by atoms with Gasteiger partial charge in [-0.1, -0.05) is 25.4 Å². The number of ether oxygens (including phenoxy) is 1. The smallest absolute Gasteiger partial charge is 0.192 e. The number of rotatable bonds is 1. The molecule has 0 saturated carbocycles. The van der Waals surface area contributed by atoms with Gasteiger partial charge >= 0.3 is 0 Å². The number of benzene rings is 1. The Morgan fingerprint density at radius 1 is 1.53 bits per heavy atom. The van der Waals surface area contributed by atoms with E-state index in [2.05, 4.69) is 18.7 Å². The van der Waals surface area contributed by atoms with Gasteiger partial charge in [-0.15, -0.1) is 0 Å². The van der Waals surface area contributed by atoms with Crippen LogP contribution in [0, 0.1) is 6.57 Å². The first kappa shape index (κ1) is 10.3. The summed E-state index contributed by atoms with van der Waals surface area (Å²) in [5.41, 5.74) is 2.89. The molecule has 0 bridgehead atoms. The second-order valence-corrected chi connectivity index (χ2v) is 4.37. The predicted molar refractivity (Wildman–Crippen MR) is 61.0 cm³/mol. The molecule has 15 heavy (non-hydrogen) atoms. The summed E-state index contributed by atoms with van der Waals surface area (Å²) < 4.78 is 5.48. The summed E-state index contributed by atoms with van der Waals surface area (Å²) in [7, 11) is 0. The van der Waals surface area contributed by atoms with Crippen molar-refractivity contribution in [3.8, 4) is 5.75 Å². The number of nitrogens with zero attached hydrogens (tertiary/aromatic N) is 1. The van der Waals surface area contributed by atoms with E-state index in [4.69, 9.17) is 22.9 Å². The molecule has 0 unspecified atom stereocenters. The summed E-state index contributed by atoms with van der Waals surface area (Å²) in [5.74, 6) is 1.12.